The molecule has 182 valence electrons. The lowest BCUT2D eigenvalue weighted by Gasteiger charge is -2.43. The highest BCUT2D eigenvalue weighted by Gasteiger charge is 2.54. The molecular weight excluding hydrogens is 445 g/mol. The van der Waals surface area contributed by atoms with Gasteiger partial charge in [-0.3, -0.25) is 9.80 Å². The van der Waals surface area contributed by atoms with Crippen LogP contribution in [0.3, 0.4) is 0 Å². The third kappa shape index (κ3) is 8.53. The molecule has 0 aromatic rings. The predicted molar refractivity (Wildman–Crippen MR) is 140 cm³/mol. The van der Waals surface area contributed by atoms with Gasteiger partial charge in [-0.25, -0.2) is 0 Å². The number of hydrogen-bond donors (Lipinski definition) is 0. The lowest BCUT2D eigenvalue weighted by molar-refractivity contribution is 0.115. The van der Waals surface area contributed by atoms with Gasteiger partial charge in [0, 0.05) is 32.3 Å². The van der Waals surface area contributed by atoms with Gasteiger partial charge in [-0.2, -0.15) is 0 Å². The molecule has 0 spiro atoms. The molecule has 10 heteroatoms. The maximum atomic E-state index is 6.97. The highest BCUT2D eigenvalue weighted by Crippen LogP contribution is 2.36. The topological polar surface area (TPSA) is 43.4 Å². The zero-order valence-corrected chi connectivity index (χ0v) is 26.5. The van der Waals surface area contributed by atoms with E-state index in [1.165, 1.54) is 12.1 Å². The van der Waals surface area contributed by atoms with Crippen molar-refractivity contribution in [2.45, 2.75) is 83.8 Å². The van der Waals surface area contributed by atoms with E-state index in [-0.39, 0.29) is 14.7 Å². The van der Waals surface area contributed by atoms with Gasteiger partial charge in [-0.05, 0) is 58.4 Å². The summed E-state index contributed by atoms with van der Waals surface area (Å²) >= 11 is 0. The normalized spacial score (nSPS) is 15.3. The molecule has 0 aliphatic carbocycles. The van der Waals surface area contributed by atoms with Crippen LogP contribution in [0.5, 0.6) is 0 Å². The monoisotopic (exact) mass is 496 g/mol. The van der Waals surface area contributed by atoms with E-state index >= 15 is 0 Å². The minimum Gasteiger partial charge on any atom is -0.455 e. The van der Waals surface area contributed by atoms with Gasteiger partial charge < -0.3 is 17.4 Å². The highest BCUT2D eigenvalue weighted by atomic mass is 28.5. The van der Waals surface area contributed by atoms with Crippen LogP contribution in [0.4, 0.5) is 0 Å². The molecular formula is C20H52N2O4Si4. The van der Waals surface area contributed by atoms with E-state index in [0.29, 0.717) is 5.79 Å². The van der Waals surface area contributed by atoms with Crippen LogP contribution in [0.1, 0.15) is 34.6 Å². The zero-order chi connectivity index (χ0) is 23.6. The number of hydrogen-bond acceptors (Lipinski definition) is 6. The Morgan fingerprint density at radius 2 is 1.17 bits per heavy atom. The summed E-state index contributed by atoms with van der Waals surface area (Å²) in [6.07, 6.45) is 0. The maximum Gasteiger partial charge on any atom is 0.502 e. The van der Waals surface area contributed by atoms with Crippen molar-refractivity contribution in [1.29, 1.82) is 0 Å². The summed E-state index contributed by atoms with van der Waals surface area (Å²) in [6.45, 7) is 25.3. The Bertz CT molecular complexity index is 440. The van der Waals surface area contributed by atoms with Crippen LogP contribution in [0.15, 0.2) is 0 Å². The second-order valence-electron chi connectivity index (χ2n) is 9.22. The van der Waals surface area contributed by atoms with Crippen LogP contribution in [-0.2, 0) is 17.4 Å². The van der Waals surface area contributed by atoms with Crippen molar-refractivity contribution < 1.29 is 17.4 Å². The van der Waals surface area contributed by atoms with Crippen LogP contribution in [0.25, 0.3) is 0 Å². The fourth-order valence-electron chi connectivity index (χ4n) is 4.65. The SMILES string of the molecule is CCN(CC)C([SiH2]CC[Si](C)(C)O[Si](C)(C)C(C)[Si](OC)(OC)OC)N(CC)CC. The molecule has 0 aliphatic rings. The van der Waals surface area contributed by atoms with E-state index in [2.05, 4.69) is 70.6 Å². The average Bonchev–Trinajstić information content (AvgIpc) is 2.70. The largest absolute Gasteiger partial charge is 0.502 e. The molecule has 1 unspecified atom stereocenters. The second-order valence-corrected chi connectivity index (χ2v) is 24.0. The number of nitrogens with zero attached hydrogens (tertiary/aromatic N) is 2. The van der Waals surface area contributed by atoms with E-state index in [1.54, 1.807) is 21.3 Å². The molecule has 6 nitrogen and oxygen atoms in total. The van der Waals surface area contributed by atoms with E-state index in [4.69, 9.17) is 17.4 Å². The van der Waals surface area contributed by atoms with Crippen molar-refractivity contribution >= 4 is 35.0 Å². The molecule has 0 bridgehead atoms. The van der Waals surface area contributed by atoms with E-state index in [1.807, 2.05) is 0 Å². The van der Waals surface area contributed by atoms with Gasteiger partial charge in [0.1, 0.15) is 0 Å². The molecule has 1 atom stereocenters. The number of rotatable bonds is 17. The summed E-state index contributed by atoms with van der Waals surface area (Å²) < 4.78 is 24.3. The third-order valence-corrected chi connectivity index (χ3v) is 23.6. The quantitative estimate of drug-likeness (QED) is 0.225. The van der Waals surface area contributed by atoms with Gasteiger partial charge in [0.2, 0.25) is 0 Å². The van der Waals surface area contributed by atoms with Crippen molar-refractivity contribution in [2.24, 2.45) is 0 Å². The van der Waals surface area contributed by atoms with Gasteiger partial charge in [0.25, 0.3) is 0 Å². The average molecular weight is 497 g/mol. The van der Waals surface area contributed by atoms with Crippen molar-refractivity contribution in [3.8, 4) is 0 Å². The summed E-state index contributed by atoms with van der Waals surface area (Å²) in [5.74, 6) is 0.666. The van der Waals surface area contributed by atoms with Crippen LogP contribution >= 0.6 is 0 Å². The lowest BCUT2D eigenvalue weighted by atomic mass is 10.5. The molecule has 0 heterocycles. The van der Waals surface area contributed by atoms with Crippen molar-refractivity contribution in [3.63, 3.8) is 0 Å². The maximum absolute atomic E-state index is 6.97. The Morgan fingerprint density at radius 3 is 1.50 bits per heavy atom. The van der Waals surface area contributed by atoms with Gasteiger partial charge >= 0.3 is 8.80 Å². The van der Waals surface area contributed by atoms with Crippen LogP contribution in [0, 0.1) is 0 Å². The van der Waals surface area contributed by atoms with Gasteiger partial charge in [-0.1, -0.05) is 40.7 Å². The molecule has 0 amide bonds. The Labute approximate surface area is 193 Å². The first-order valence-corrected chi connectivity index (χ1v) is 21.5. The van der Waals surface area contributed by atoms with Gasteiger partial charge in [0.15, 0.2) is 16.6 Å². The van der Waals surface area contributed by atoms with Crippen LogP contribution < -0.4 is 0 Å². The van der Waals surface area contributed by atoms with Crippen molar-refractivity contribution in [3.05, 3.63) is 0 Å². The molecule has 0 aliphatic heterocycles. The molecule has 0 aromatic heterocycles. The lowest BCUT2D eigenvalue weighted by Crippen LogP contribution is -2.59. The summed E-state index contributed by atoms with van der Waals surface area (Å²) in [4.78, 5) is 5.32. The standard InChI is InChI=1S/C20H52N2O4Si4/c1-13-21(14-2)20(22(15-3)16-4)27-17-18-28(9,10)26-29(11,12)19(5)30(23-6,24-7)25-8/h19-20H,13-18,27H2,1-12H3. The first-order chi connectivity index (χ1) is 13.9. The molecule has 0 aromatic carbocycles. The first-order valence-electron chi connectivity index (χ1n) is 11.8. The minimum atomic E-state index is -2.70. The molecule has 0 radical (unpaired) electrons. The minimum absolute atomic E-state index is 0.188. The fourth-order valence-corrected chi connectivity index (χ4v) is 24.4. The Balaban J connectivity index is 5.16. The van der Waals surface area contributed by atoms with Crippen molar-refractivity contribution in [2.75, 3.05) is 47.5 Å². The van der Waals surface area contributed by atoms with Crippen molar-refractivity contribution in [1.82, 2.24) is 9.80 Å². The van der Waals surface area contributed by atoms with Crippen LogP contribution in [0.2, 0.25) is 43.4 Å². The van der Waals surface area contributed by atoms with E-state index < -0.39 is 25.4 Å². The molecule has 0 saturated carbocycles. The summed E-state index contributed by atoms with van der Waals surface area (Å²) in [6, 6.07) is 2.58. The smallest absolute Gasteiger partial charge is 0.455 e. The molecule has 0 saturated heterocycles. The Hall–Kier alpha value is 0.628. The zero-order valence-electron chi connectivity index (χ0n) is 22.1. The van der Waals surface area contributed by atoms with Gasteiger partial charge in [0.05, 0.1) is 9.52 Å². The third-order valence-electron chi connectivity index (χ3n) is 6.67. The predicted octanol–water partition coefficient (Wildman–Crippen LogP) is 3.77. The Kier molecular flexibility index (Phi) is 14.3. The molecule has 30 heavy (non-hydrogen) atoms. The summed E-state index contributed by atoms with van der Waals surface area (Å²) in [5, 5.41) is 0.188. The second kappa shape index (κ2) is 14.0. The van der Waals surface area contributed by atoms with Crippen LogP contribution in [-0.4, -0.2) is 98.1 Å². The van der Waals surface area contributed by atoms with E-state index in [0.717, 1.165) is 26.2 Å². The first kappa shape index (κ1) is 30.6. The van der Waals surface area contributed by atoms with E-state index in [9.17, 15) is 0 Å². The molecule has 0 fully saturated rings. The van der Waals surface area contributed by atoms with Gasteiger partial charge in [-0.15, -0.1) is 0 Å². The fraction of sp³-hybridized carbons (Fsp3) is 1.00. The summed E-state index contributed by atoms with van der Waals surface area (Å²) in [5.41, 5.74) is 0. The molecule has 0 rings (SSSR count). The molecule has 0 N–H and O–H groups in total. The Morgan fingerprint density at radius 1 is 0.767 bits per heavy atom. The highest BCUT2D eigenvalue weighted by molar-refractivity contribution is 6.93. The summed E-state index contributed by atoms with van der Waals surface area (Å²) in [7, 11) is -1.67.